The third-order valence-electron chi connectivity index (χ3n) is 4.63. The van der Waals surface area contributed by atoms with Gasteiger partial charge in [0.25, 0.3) is 0 Å². The third-order valence-corrected chi connectivity index (χ3v) is 5.49. The van der Waals surface area contributed by atoms with E-state index >= 15 is 0 Å². The fourth-order valence-electron chi connectivity index (χ4n) is 3.34. The van der Waals surface area contributed by atoms with E-state index in [0.717, 1.165) is 38.8 Å². The van der Waals surface area contributed by atoms with E-state index in [0.29, 0.717) is 5.92 Å². The van der Waals surface area contributed by atoms with Gasteiger partial charge < -0.3 is 9.30 Å². The Balaban J connectivity index is 1.46. The fraction of sp³-hybridized carbons (Fsp3) is 0.588. The van der Waals surface area contributed by atoms with Crippen LogP contribution in [0.25, 0.3) is 0 Å². The molecular weight excluding hydrogens is 294 g/mol. The zero-order chi connectivity index (χ0) is 14.9. The van der Waals surface area contributed by atoms with Crippen molar-refractivity contribution in [2.75, 3.05) is 19.8 Å². The number of aromatic nitrogens is 2. The smallest absolute Gasteiger partial charge is 0.0949 e. The quantitative estimate of drug-likeness (QED) is 0.820. The van der Waals surface area contributed by atoms with Crippen molar-refractivity contribution in [2.24, 2.45) is 13.0 Å². The van der Waals surface area contributed by atoms with Crippen LogP contribution in [0.1, 0.15) is 35.0 Å². The van der Waals surface area contributed by atoms with Gasteiger partial charge in [0, 0.05) is 49.8 Å². The molecule has 2 aromatic heterocycles. The van der Waals surface area contributed by atoms with E-state index in [1.807, 2.05) is 17.7 Å². The van der Waals surface area contributed by atoms with Gasteiger partial charge in [0.2, 0.25) is 0 Å². The van der Waals surface area contributed by atoms with Crippen molar-refractivity contribution in [1.29, 1.82) is 0 Å². The number of hydrogen-bond acceptors (Lipinski definition) is 4. The van der Waals surface area contributed by atoms with E-state index in [2.05, 4.69) is 39.0 Å². The molecule has 0 spiro atoms. The molecule has 1 aliphatic carbocycles. The Morgan fingerprint density at radius 1 is 1.36 bits per heavy atom. The lowest BCUT2D eigenvalue weighted by Gasteiger charge is -2.32. The Morgan fingerprint density at radius 3 is 3.05 bits per heavy atom. The molecule has 0 saturated heterocycles. The average Bonchev–Trinajstić information content (AvgIpc) is 3.04. The minimum Gasteiger partial charge on any atom is -0.380 e. The first-order chi connectivity index (χ1) is 10.8. The highest BCUT2D eigenvalue weighted by atomic mass is 32.1. The molecule has 0 amide bonds. The van der Waals surface area contributed by atoms with Crippen molar-refractivity contribution in [3.05, 3.63) is 40.1 Å². The van der Waals surface area contributed by atoms with E-state index in [4.69, 9.17) is 4.74 Å². The first kappa shape index (κ1) is 14.4. The summed E-state index contributed by atoms with van der Waals surface area (Å²) < 4.78 is 8.18. The van der Waals surface area contributed by atoms with Crippen LogP contribution in [-0.4, -0.2) is 34.2 Å². The zero-order valence-corrected chi connectivity index (χ0v) is 13.9. The number of rotatable bonds is 6. The Bertz CT molecular complexity index is 618. The Hall–Kier alpha value is -1.17. The molecule has 22 heavy (non-hydrogen) atoms. The maximum atomic E-state index is 6.00. The molecule has 1 aliphatic heterocycles. The van der Waals surface area contributed by atoms with Crippen LogP contribution in [0.15, 0.2) is 23.8 Å². The second kappa shape index (κ2) is 6.14. The number of imidazole rings is 1. The number of aryl methyl sites for hydroxylation is 1. The van der Waals surface area contributed by atoms with Gasteiger partial charge in [-0.1, -0.05) is 6.07 Å². The maximum Gasteiger partial charge on any atom is 0.0949 e. The largest absolute Gasteiger partial charge is 0.380 e. The predicted octanol–water partition coefficient (Wildman–Crippen LogP) is 3.01. The summed E-state index contributed by atoms with van der Waals surface area (Å²) in [4.78, 5) is 8.54. The lowest BCUT2D eigenvalue weighted by molar-refractivity contribution is 0.0870. The van der Waals surface area contributed by atoms with E-state index < -0.39 is 0 Å². The second-order valence-electron chi connectivity index (χ2n) is 6.61. The molecule has 1 fully saturated rings. The van der Waals surface area contributed by atoms with E-state index in [9.17, 15) is 0 Å². The summed E-state index contributed by atoms with van der Waals surface area (Å²) in [6.07, 6.45) is 4.66. The van der Waals surface area contributed by atoms with Crippen molar-refractivity contribution < 1.29 is 4.74 Å². The van der Waals surface area contributed by atoms with Gasteiger partial charge in [0.15, 0.2) is 0 Å². The standard InChI is InChI=1S/C17H23N3OS/c1-19-12-18-16-9-20(8-15-3-2-6-22-15)7-14(17(16)19)11-21-10-13-4-5-13/h2-3,6,12-14H,4-5,7-11H2,1H3/t14-/m1/s1. The second-order valence-corrected chi connectivity index (χ2v) is 7.65. The first-order valence-corrected chi connectivity index (χ1v) is 9.00. The van der Waals surface area contributed by atoms with Crippen LogP contribution < -0.4 is 0 Å². The molecule has 0 aromatic carbocycles. The average molecular weight is 317 g/mol. The number of hydrogen-bond donors (Lipinski definition) is 0. The van der Waals surface area contributed by atoms with Crippen LogP contribution in [0.4, 0.5) is 0 Å². The van der Waals surface area contributed by atoms with Crippen molar-refractivity contribution in [3.8, 4) is 0 Å². The number of fused-ring (bicyclic) bond motifs is 1. The lowest BCUT2D eigenvalue weighted by atomic mass is 9.99. The van der Waals surface area contributed by atoms with Gasteiger partial charge in [-0.15, -0.1) is 11.3 Å². The summed E-state index contributed by atoms with van der Waals surface area (Å²) >= 11 is 1.84. The summed E-state index contributed by atoms with van der Waals surface area (Å²) in [5, 5.41) is 2.15. The highest BCUT2D eigenvalue weighted by molar-refractivity contribution is 7.09. The Kier molecular flexibility index (Phi) is 4.03. The molecule has 5 heteroatoms. The molecular formula is C17H23N3OS. The molecule has 3 heterocycles. The first-order valence-electron chi connectivity index (χ1n) is 8.12. The summed E-state index contributed by atoms with van der Waals surface area (Å²) in [6, 6.07) is 4.35. The monoisotopic (exact) mass is 317 g/mol. The highest BCUT2D eigenvalue weighted by Gasteiger charge is 2.30. The van der Waals surface area contributed by atoms with Crippen LogP contribution in [0.5, 0.6) is 0 Å². The Labute approximate surface area is 135 Å². The van der Waals surface area contributed by atoms with Gasteiger partial charge in [0.1, 0.15) is 0 Å². The molecule has 1 saturated carbocycles. The molecule has 0 unspecified atom stereocenters. The van der Waals surface area contributed by atoms with Crippen LogP contribution in [0.3, 0.4) is 0 Å². The van der Waals surface area contributed by atoms with Crippen LogP contribution >= 0.6 is 11.3 Å². The molecule has 4 nitrogen and oxygen atoms in total. The lowest BCUT2D eigenvalue weighted by Crippen LogP contribution is -2.35. The van der Waals surface area contributed by atoms with E-state index in [1.54, 1.807) is 0 Å². The highest BCUT2D eigenvalue weighted by Crippen LogP contribution is 2.31. The minimum atomic E-state index is 0.440. The van der Waals surface area contributed by atoms with Crippen molar-refractivity contribution in [1.82, 2.24) is 14.5 Å². The third kappa shape index (κ3) is 3.12. The van der Waals surface area contributed by atoms with Crippen LogP contribution in [0.2, 0.25) is 0 Å². The van der Waals surface area contributed by atoms with Gasteiger partial charge >= 0.3 is 0 Å². The maximum absolute atomic E-state index is 6.00. The van der Waals surface area contributed by atoms with E-state index in [1.165, 1.54) is 29.1 Å². The predicted molar refractivity (Wildman–Crippen MR) is 87.9 cm³/mol. The molecule has 0 radical (unpaired) electrons. The topological polar surface area (TPSA) is 30.3 Å². The number of nitrogens with zero attached hydrogens (tertiary/aromatic N) is 3. The summed E-state index contributed by atoms with van der Waals surface area (Å²) in [5.41, 5.74) is 2.60. The molecule has 0 bridgehead atoms. The van der Waals surface area contributed by atoms with Crippen LogP contribution in [-0.2, 0) is 24.9 Å². The molecule has 118 valence electrons. The summed E-state index contributed by atoms with van der Waals surface area (Å²) in [6.45, 7) is 4.80. The van der Waals surface area contributed by atoms with Crippen LogP contribution in [0, 0.1) is 5.92 Å². The number of ether oxygens (including phenoxy) is 1. The summed E-state index contributed by atoms with van der Waals surface area (Å²) in [7, 11) is 2.11. The summed E-state index contributed by atoms with van der Waals surface area (Å²) in [5.74, 6) is 1.27. The zero-order valence-electron chi connectivity index (χ0n) is 13.1. The van der Waals surface area contributed by atoms with Crippen molar-refractivity contribution in [3.63, 3.8) is 0 Å². The van der Waals surface area contributed by atoms with Gasteiger partial charge in [0.05, 0.1) is 18.6 Å². The fourth-order valence-corrected chi connectivity index (χ4v) is 4.09. The van der Waals surface area contributed by atoms with Crippen molar-refractivity contribution >= 4 is 11.3 Å². The Morgan fingerprint density at radius 2 is 2.27 bits per heavy atom. The van der Waals surface area contributed by atoms with Gasteiger partial charge in [-0.05, 0) is 30.2 Å². The normalized spacial score (nSPS) is 22.0. The molecule has 4 rings (SSSR count). The molecule has 0 N–H and O–H groups in total. The van der Waals surface area contributed by atoms with Gasteiger partial charge in [-0.25, -0.2) is 4.98 Å². The molecule has 1 atom stereocenters. The molecule has 2 aromatic rings. The minimum absolute atomic E-state index is 0.440. The van der Waals surface area contributed by atoms with E-state index in [-0.39, 0.29) is 0 Å². The van der Waals surface area contributed by atoms with Gasteiger partial charge in [-0.3, -0.25) is 4.90 Å². The van der Waals surface area contributed by atoms with Crippen molar-refractivity contribution in [2.45, 2.75) is 31.8 Å². The molecule has 2 aliphatic rings. The SMILES string of the molecule is Cn1cnc2c1[C@@H](COCC1CC1)CN(Cc1cccs1)C2. The van der Waals surface area contributed by atoms with Gasteiger partial charge in [-0.2, -0.15) is 0 Å². The number of thiophene rings is 1.